The second-order valence-electron chi connectivity index (χ2n) is 5.18. The first kappa shape index (κ1) is 19.3. The van der Waals surface area contributed by atoms with Crippen LogP contribution in [0.5, 0.6) is 0 Å². The maximum atomic E-state index is 12.1. The number of hydrogen-bond donors (Lipinski definition) is 5. The molecule has 21 heavy (non-hydrogen) atoms. The first-order valence-corrected chi connectivity index (χ1v) is 7.06. The largest absolute Gasteiger partial charge is 0.480 e. The number of amides is 2. The Kier molecular flexibility index (Phi) is 9.31. The number of rotatable bonds is 10. The van der Waals surface area contributed by atoms with Crippen molar-refractivity contribution in [3.05, 3.63) is 0 Å². The maximum Gasteiger partial charge on any atom is 0.326 e. The van der Waals surface area contributed by atoms with E-state index in [2.05, 4.69) is 10.6 Å². The summed E-state index contributed by atoms with van der Waals surface area (Å²) in [7, 11) is 0. The molecule has 0 heterocycles. The summed E-state index contributed by atoms with van der Waals surface area (Å²) in [5.41, 5.74) is 10.6. The number of carboxylic acid groups (broad SMARTS) is 1. The van der Waals surface area contributed by atoms with Gasteiger partial charge < -0.3 is 27.2 Å². The molecule has 0 aliphatic carbocycles. The van der Waals surface area contributed by atoms with Crippen molar-refractivity contribution in [2.75, 3.05) is 13.1 Å². The van der Waals surface area contributed by atoms with Gasteiger partial charge in [0.2, 0.25) is 11.8 Å². The van der Waals surface area contributed by atoms with Crippen LogP contribution in [0.15, 0.2) is 0 Å². The fourth-order valence-electron chi connectivity index (χ4n) is 1.78. The molecular weight excluding hydrogens is 276 g/mol. The molecule has 0 rings (SSSR count). The molecule has 0 aromatic heterocycles. The molecule has 2 atom stereocenters. The van der Waals surface area contributed by atoms with Crippen LogP contribution >= 0.6 is 0 Å². The topological polar surface area (TPSA) is 148 Å². The van der Waals surface area contributed by atoms with Gasteiger partial charge in [0.15, 0.2) is 0 Å². The van der Waals surface area contributed by atoms with Crippen LogP contribution in [0.4, 0.5) is 0 Å². The zero-order chi connectivity index (χ0) is 16.4. The molecule has 0 saturated carbocycles. The lowest BCUT2D eigenvalue weighted by molar-refractivity contribution is -0.143. The quantitative estimate of drug-likeness (QED) is 0.320. The summed E-state index contributed by atoms with van der Waals surface area (Å²) in [6, 6.07) is -1.79. The van der Waals surface area contributed by atoms with Gasteiger partial charge in [-0.1, -0.05) is 13.8 Å². The summed E-state index contributed by atoms with van der Waals surface area (Å²) in [6.07, 6.45) is 1.76. The highest BCUT2D eigenvalue weighted by Gasteiger charge is 2.27. The summed E-state index contributed by atoms with van der Waals surface area (Å²) < 4.78 is 0. The molecule has 0 spiro atoms. The standard InChI is InChI=1S/C13H26N4O4/c1-8(2)11(13(20)21)17-12(19)9(5-3-4-6-14)16-10(18)7-15/h8-9,11H,3-7,14-15H2,1-2H3,(H,16,18)(H,17,19)(H,20,21)/t9-,11-/m0/s1. The van der Waals surface area contributed by atoms with Crippen LogP contribution < -0.4 is 22.1 Å². The zero-order valence-electron chi connectivity index (χ0n) is 12.6. The van der Waals surface area contributed by atoms with Crippen molar-refractivity contribution in [3.8, 4) is 0 Å². The third-order valence-corrected chi connectivity index (χ3v) is 3.01. The molecule has 0 aromatic carbocycles. The predicted octanol–water partition coefficient (Wildman–Crippen LogP) is -1.22. The van der Waals surface area contributed by atoms with Gasteiger partial charge in [0.1, 0.15) is 12.1 Å². The lowest BCUT2D eigenvalue weighted by atomic mass is 10.0. The van der Waals surface area contributed by atoms with Crippen LogP contribution in [-0.2, 0) is 14.4 Å². The molecule has 0 aliphatic rings. The van der Waals surface area contributed by atoms with Crippen LogP contribution in [-0.4, -0.2) is 48.1 Å². The first-order chi connectivity index (χ1) is 9.83. The molecule has 122 valence electrons. The molecule has 0 unspecified atom stereocenters. The van der Waals surface area contributed by atoms with Crippen LogP contribution in [0.1, 0.15) is 33.1 Å². The number of hydrogen-bond acceptors (Lipinski definition) is 5. The van der Waals surface area contributed by atoms with Gasteiger partial charge in [0, 0.05) is 0 Å². The summed E-state index contributed by atoms with van der Waals surface area (Å²) >= 11 is 0. The van der Waals surface area contributed by atoms with Crippen LogP contribution in [0.2, 0.25) is 0 Å². The van der Waals surface area contributed by atoms with Gasteiger partial charge in [0.05, 0.1) is 6.54 Å². The molecular formula is C13H26N4O4. The van der Waals surface area contributed by atoms with Crippen molar-refractivity contribution in [1.82, 2.24) is 10.6 Å². The Labute approximate surface area is 124 Å². The van der Waals surface area contributed by atoms with E-state index in [-0.39, 0.29) is 12.5 Å². The molecule has 8 heteroatoms. The SMILES string of the molecule is CC(C)[C@H](NC(=O)[C@H](CCCCN)NC(=O)CN)C(=O)O. The Hall–Kier alpha value is -1.67. The number of aliphatic carboxylic acids is 1. The monoisotopic (exact) mass is 302 g/mol. The molecule has 0 fully saturated rings. The third-order valence-electron chi connectivity index (χ3n) is 3.01. The van der Waals surface area contributed by atoms with Gasteiger partial charge in [-0.25, -0.2) is 4.79 Å². The lowest BCUT2D eigenvalue weighted by Gasteiger charge is -2.23. The van der Waals surface area contributed by atoms with E-state index < -0.39 is 29.9 Å². The van der Waals surface area contributed by atoms with E-state index in [0.717, 1.165) is 6.42 Å². The second kappa shape index (κ2) is 10.1. The van der Waals surface area contributed by atoms with E-state index in [0.29, 0.717) is 19.4 Å². The van der Waals surface area contributed by atoms with E-state index >= 15 is 0 Å². The van der Waals surface area contributed by atoms with Gasteiger partial charge in [-0.15, -0.1) is 0 Å². The van der Waals surface area contributed by atoms with Crippen molar-refractivity contribution < 1.29 is 19.5 Å². The average Bonchev–Trinajstić information content (AvgIpc) is 2.42. The zero-order valence-corrected chi connectivity index (χ0v) is 12.6. The molecule has 0 aliphatic heterocycles. The van der Waals surface area contributed by atoms with E-state index in [1.807, 2.05) is 0 Å². The van der Waals surface area contributed by atoms with Crippen LogP contribution in [0.25, 0.3) is 0 Å². The van der Waals surface area contributed by atoms with Crippen molar-refractivity contribution >= 4 is 17.8 Å². The summed E-state index contributed by atoms with van der Waals surface area (Å²) in [5, 5.41) is 14.0. The Morgan fingerprint density at radius 2 is 1.71 bits per heavy atom. The number of carbonyl (C=O) groups excluding carboxylic acids is 2. The fourth-order valence-corrected chi connectivity index (χ4v) is 1.78. The normalized spacial score (nSPS) is 13.6. The van der Waals surface area contributed by atoms with Crippen molar-refractivity contribution in [3.63, 3.8) is 0 Å². The van der Waals surface area contributed by atoms with Crippen molar-refractivity contribution in [1.29, 1.82) is 0 Å². The molecule has 0 radical (unpaired) electrons. The Balaban J connectivity index is 4.74. The highest BCUT2D eigenvalue weighted by Crippen LogP contribution is 2.05. The molecule has 0 aromatic rings. The Bertz CT molecular complexity index is 360. The highest BCUT2D eigenvalue weighted by atomic mass is 16.4. The first-order valence-electron chi connectivity index (χ1n) is 7.06. The minimum atomic E-state index is -1.11. The minimum Gasteiger partial charge on any atom is -0.480 e. The Morgan fingerprint density at radius 1 is 1.10 bits per heavy atom. The number of nitrogens with one attached hydrogen (secondary N) is 2. The average molecular weight is 302 g/mol. The van der Waals surface area contributed by atoms with E-state index in [1.54, 1.807) is 13.8 Å². The highest BCUT2D eigenvalue weighted by molar-refractivity contribution is 5.90. The van der Waals surface area contributed by atoms with E-state index in [4.69, 9.17) is 16.6 Å². The van der Waals surface area contributed by atoms with Crippen LogP contribution in [0, 0.1) is 5.92 Å². The van der Waals surface area contributed by atoms with Crippen molar-refractivity contribution in [2.45, 2.75) is 45.2 Å². The number of unbranched alkanes of at least 4 members (excludes halogenated alkanes) is 1. The Morgan fingerprint density at radius 3 is 2.14 bits per heavy atom. The van der Waals surface area contributed by atoms with Gasteiger partial charge in [0.25, 0.3) is 0 Å². The van der Waals surface area contributed by atoms with E-state index in [9.17, 15) is 14.4 Å². The smallest absolute Gasteiger partial charge is 0.326 e. The number of carboxylic acids is 1. The molecule has 0 bridgehead atoms. The van der Waals surface area contributed by atoms with Gasteiger partial charge in [-0.3, -0.25) is 9.59 Å². The third kappa shape index (κ3) is 7.62. The molecule has 0 saturated heterocycles. The van der Waals surface area contributed by atoms with Crippen molar-refractivity contribution in [2.24, 2.45) is 17.4 Å². The second-order valence-corrected chi connectivity index (χ2v) is 5.18. The van der Waals surface area contributed by atoms with Gasteiger partial charge >= 0.3 is 5.97 Å². The number of carbonyl (C=O) groups is 3. The summed E-state index contributed by atoms with van der Waals surface area (Å²) in [5.74, 6) is -2.35. The van der Waals surface area contributed by atoms with Crippen LogP contribution in [0.3, 0.4) is 0 Å². The lowest BCUT2D eigenvalue weighted by Crippen LogP contribution is -2.53. The molecule has 2 amide bonds. The van der Waals surface area contributed by atoms with Gasteiger partial charge in [-0.05, 0) is 31.7 Å². The summed E-state index contributed by atoms with van der Waals surface area (Å²) in [6.45, 7) is 3.65. The fraction of sp³-hybridized carbons (Fsp3) is 0.769. The molecule has 8 nitrogen and oxygen atoms in total. The molecule has 7 N–H and O–H groups in total. The van der Waals surface area contributed by atoms with Gasteiger partial charge in [-0.2, -0.15) is 0 Å². The van der Waals surface area contributed by atoms with E-state index in [1.165, 1.54) is 0 Å². The number of nitrogens with two attached hydrogens (primary N) is 2. The maximum absolute atomic E-state index is 12.1. The predicted molar refractivity (Wildman–Crippen MR) is 78.3 cm³/mol. The summed E-state index contributed by atoms with van der Waals surface area (Å²) in [4.78, 5) is 34.6. The minimum absolute atomic E-state index is 0.229.